The summed E-state index contributed by atoms with van der Waals surface area (Å²) < 4.78 is 51.3. The second-order valence-corrected chi connectivity index (χ2v) is 7.76. The third-order valence-electron chi connectivity index (χ3n) is 5.46. The van der Waals surface area contributed by atoms with Crippen LogP contribution in [0.25, 0.3) is 0 Å². The van der Waals surface area contributed by atoms with Gasteiger partial charge in [-0.2, -0.15) is 13.2 Å². The monoisotopic (exact) mass is 401 g/mol. The lowest BCUT2D eigenvalue weighted by Gasteiger charge is -2.32. The van der Waals surface area contributed by atoms with E-state index in [1.54, 1.807) is 0 Å². The van der Waals surface area contributed by atoms with Crippen molar-refractivity contribution >= 4 is 5.78 Å². The predicted molar refractivity (Wildman–Crippen MR) is 98.8 cm³/mol. The quantitative estimate of drug-likeness (QED) is 0.493. The number of Topliss-reactive ketones (excluding diaryl/α,β-unsaturated/α-hetero) is 1. The van der Waals surface area contributed by atoms with Crippen LogP contribution >= 0.6 is 0 Å². The molecule has 1 aliphatic carbocycles. The Kier molecular flexibility index (Phi) is 7.06. The molecule has 0 radical (unpaired) electrons. The smallest absolute Gasteiger partial charge is 0.313 e. The van der Waals surface area contributed by atoms with Crippen molar-refractivity contribution in [3.05, 3.63) is 35.1 Å². The van der Waals surface area contributed by atoms with Crippen molar-refractivity contribution < 1.29 is 22.4 Å². The molecule has 1 aromatic carbocycles. The van der Waals surface area contributed by atoms with Crippen LogP contribution < -0.4 is 10.6 Å². The van der Waals surface area contributed by atoms with E-state index < -0.39 is 23.3 Å². The van der Waals surface area contributed by atoms with Gasteiger partial charge in [-0.15, -0.1) is 0 Å². The minimum absolute atomic E-state index is 0.00364. The van der Waals surface area contributed by atoms with Crippen LogP contribution in [0.15, 0.2) is 18.2 Å². The van der Waals surface area contributed by atoms with Crippen molar-refractivity contribution in [2.45, 2.75) is 37.9 Å². The maximum absolute atomic E-state index is 13.6. The van der Waals surface area contributed by atoms with Gasteiger partial charge in [0.25, 0.3) is 0 Å². The van der Waals surface area contributed by atoms with Gasteiger partial charge in [0.2, 0.25) is 0 Å². The first-order valence-corrected chi connectivity index (χ1v) is 9.89. The number of carbonyl (C=O) groups is 1. The fourth-order valence-electron chi connectivity index (χ4n) is 3.54. The fourth-order valence-corrected chi connectivity index (χ4v) is 3.54. The van der Waals surface area contributed by atoms with Gasteiger partial charge in [-0.25, -0.2) is 4.39 Å². The van der Waals surface area contributed by atoms with E-state index in [-0.39, 0.29) is 12.1 Å². The van der Waals surface area contributed by atoms with Gasteiger partial charge in [0.05, 0.1) is 12.1 Å². The number of likely N-dealkylation sites (tertiary alicyclic amines) is 1. The first kappa shape index (κ1) is 21.2. The number of hydrogen-bond donors (Lipinski definition) is 2. The zero-order valence-electron chi connectivity index (χ0n) is 15.8. The number of hydrogen-bond acceptors (Lipinski definition) is 4. The molecule has 4 nitrogen and oxygen atoms in total. The summed E-state index contributed by atoms with van der Waals surface area (Å²) in [6.07, 6.45) is -0.0526. The zero-order chi connectivity index (χ0) is 20.1. The van der Waals surface area contributed by atoms with Crippen LogP contribution in [0.5, 0.6) is 0 Å². The molecule has 1 aromatic rings. The predicted octanol–water partition coefficient (Wildman–Crippen LogP) is 3.08. The molecule has 28 heavy (non-hydrogen) atoms. The summed E-state index contributed by atoms with van der Waals surface area (Å²) >= 11 is 0. The molecule has 156 valence electrons. The maximum Gasteiger partial charge on any atom is 0.419 e. The van der Waals surface area contributed by atoms with Gasteiger partial charge >= 0.3 is 6.18 Å². The molecule has 1 saturated carbocycles. The number of rotatable bonds is 9. The van der Waals surface area contributed by atoms with Crippen LogP contribution in [0.2, 0.25) is 0 Å². The Morgan fingerprint density at radius 3 is 2.46 bits per heavy atom. The van der Waals surface area contributed by atoms with Gasteiger partial charge in [-0.1, -0.05) is 6.07 Å². The molecule has 1 aliphatic heterocycles. The van der Waals surface area contributed by atoms with Crippen LogP contribution in [0.4, 0.5) is 17.6 Å². The SMILES string of the molecule is O=C(CNCC1CCN(CCNC2CC2)CC1)c1ccc(C(F)(F)F)c(F)c1. The number of halogens is 4. The van der Waals surface area contributed by atoms with Gasteiger partial charge < -0.3 is 15.5 Å². The molecule has 0 amide bonds. The van der Waals surface area contributed by atoms with E-state index >= 15 is 0 Å². The third kappa shape index (κ3) is 6.25. The van der Waals surface area contributed by atoms with E-state index in [4.69, 9.17) is 0 Å². The number of piperidine rings is 1. The largest absolute Gasteiger partial charge is 0.419 e. The first-order valence-electron chi connectivity index (χ1n) is 9.89. The maximum atomic E-state index is 13.6. The van der Waals surface area contributed by atoms with Crippen molar-refractivity contribution in [2.24, 2.45) is 5.92 Å². The van der Waals surface area contributed by atoms with E-state index in [0.717, 1.165) is 51.1 Å². The van der Waals surface area contributed by atoms with Gasteiger partial charge in [0.1, 0.15) is 5.82 Å². The average molecular weight is 401 g/mol. The summed E-state index contributed by atoms with van der Waals surface area (Å²) in [5.41, 5.74) is -1.40. The van der Waals surface area contributed by atoms with Crippen LogP contribution in [-0.2, 0) is 6.18 Å². The molecule has 8 heteroatoms. The molecule has 0 unspecified atom stereocenters. The highest BCUT2D eigenvalue weighted by atomic mass is 19.4. The second kappa shape index (κ2) is 9.33. The topological polar surface area (TPSA) is 44.4 Å². The lowest BCUT2D eigenvalue weighted by atomic mass is 9.96. The standard InChI is InChI=1S/C20H27F4N3O/c21-18-11-15(1-4-17(18)20(22,23)24)19(28)13-25-12-14-5-8-27(9-6-14)10-7-26-16-2-3-16/h1,4,11,14,16,25-26H,2-3,5-10,12-13H2. The Morgan fingerprint density at radius 2 is 1.86 bits per heavy atom. The summed E-state index contributed by atoms with van der Waals surface area (Å²) in [6.45, 7) is 4.85. The minimum Gasteiger partial charge on any atom is -0.313 e. The minimum atomic E-state index is -4.76. The lowest BCUT2D eigenvalue weighted by Crippen LogP contribution is -2.41. The molecule has 2 aliphatic rings. The average Bonchev–Trinajstić information content (AvgIpc) is 3.46. The molecule has 0 bridgehead atoms. The molecular formula is C20H27F4N3O. The normalized spacial score (nSPS) is 19.1. The van der Waals surface area contributed by atoms with Crippen molar-refractivity contribution in [2.75, 3.05) is 39.3 Å². The molecule has 1 saturated heterocycles. The van der Waals surface area contributed by atoms with Crippen LogP contribution in [0.1, 0.15) is 41.6 Å². The van der Waals surface area contributed by atoms with E-state index in [2.05, 4.69) is 15.5 Å². The highest BCUT2D eigenvalue weighted by Gasteiger charge is 2.34. The molecule has 1 heterocycles. The van der Waals surface area contributed by atoms with Gasteiger partial charge in [0, 0.05) is 24.7 Å². The summed E-state index contributed by atoms with van der Waals surface area (Å²) in [4.78, 5) is 14.6. The molecule has 0 atom stereocenters. The van der Waals surface area contributed by atoms with E-state index in [1.807, 2.05) is 0 Å². The summed E-state index contributed by atoms with van der Waals surface area (Å²) in [5.74, 6) is -1.34. The van der Waals surface area contributed by atoms with Gasteiger partial charge in [-0.3, -0.25) is 4.79 Å². The highest BCUT2D eigenvalue weighted by Crippen LogP contribution is 2.31. The summed E-state index contributed by atoms with van der Waals surface area (Å²) in [7, 11) is 0. The van der Waals surface area contributed by atoms with Gasteiger partial charge in [-0.05, 0) is 63.4 Å². The van der Waals surface area contributed by atoms with Crippen molar-refractivity contribution in [3.8, 4) is 0 Å². The molecular weight excluding hydrogens is 374 g/mol. The number of ketones is 1. The van der Waals surface area contributed by atoms with E-state index in [9.17, 15) is 22.4 Å². The number of benzene rings is 1. The molecule has 2 N–H and O–H groups in total. The van der Waals surface area contributed by atoms with Crippen molar-refractivity contribution in [1.82, 2.24) is 15.5 Å². The highest BCUT2D eigenvalue weighted by molar-refractivity contribution is 5.97. The van der Waals surface area contributed by atoms with Gasteiger partial charge in [0.15, 0.2) is 5.78 Å². The Bertz CT molecular complexity index is 668. The number of nitrogens with one attached hydrogen (secondary N) is 2. The van der Waals surface area contributed by atoms with Crippen molar-refractivity contribution in [3.63, 3.8) is 0 Å². The van der Waals surface area contributed by atoms with E-state index in [1.165, 1.54) is 12.8 Å². The Balaban J connectivity index is 1.34. The Morgan fingerprint density at radius 1 is 1.14 bits per heavy atom. The van der Waals surface area contributed by atoms with Crippen LogP contribution in [-0.4, -0.2) is 56.0 Å². The molecule has 3 rings (SSSR count). The second-order valence-electron chi connectivity index (χ2n) is 7.76. The molecule has 2 fully saturated rings. The number of alkyl halides is 3. The molecule has 0 aromatic heterocycles. The third-order valence-corrected chi connectivity index (χ3v) is 5.46. The number of carbonyl (C=O) groups excluding carboxylic acids is 1. The zero-order valence-corrected chi connectivity index (χ0v) is 15.8. The summed E-state index contributed by atoms with van der Waals surface area (Å²) in [5, 5.41) is 6.59. The van der Waals surface area contributed by atoms with E-state index in [0.29, 0.717) is 24.6 Å². The first-order chi connectivity index (χ1) is 13.3. The fraction of sp³-hybridized carbons (Fsp3) is 0.650. The number of nitrogens with zero attached hydrogens (tertiary/aromatic N) is 1. The van der Waals surface area contributed by atoms with Crippen molar-refractivity contribution in [1.29, 1.82) is 0 Å². The Labute approximate surface area is 162 Å². The molecule has 0 spiro atoms. The Hall–Kier alpha value is -1.51. The van der Waals surface area contributed by atoms with Crippen LogP contribution in [0.3, 0.4) is 0 Å². The summed E-state index contributed by atoms with van der Waals surface area (Å²) in [6, 6.07) is 3.05. The lowest BCUT2D eigenvalue weighted by molar-refractivity contribution is -0.140. The van der Waals surface area contributed by atoms with Crippen LogP contribution in [0, 0.1) is 11.7 Å².